The fourth-order valence-electron chi connectivity index (χ4n) is 4.13. The van der Waals surface area contributed by atoms with Crippen molar-refractivity contribution >= 4 is 44.9 Å². The van der Waals surface area contributed by atoms with Gasteiger partial charge in [0.1, 0.15) is 11.0 Å². The summed E-state index contributed by atoms with van der Waals surface area (Å²) >= 11 is 0. The monoisotopic (exact) mass is 448 g/mol. The van der Waals surface area contributed by atoms with E-state index in [1.54, 1.807) is 42.5 Å². The van der Waals surface area contributed by atoms with Crippen molar-refractivity contribution in [1.82, 2.24) is 9.97 Å². The molecule has 6 aromatic rings. The molecular formula is C26H20N6O2. The van der Waals surface area contributed by atoms with Gasteiger partial charge >= 0.3 is 0 Å². The number of benzene rings is 4. The number of aromatic nitrogens is 2. The molecule has 8 N–H and O–H groups in total. The van der Waals surface area contributed by atoms with Gasteiger partial charge in [-0.1, -0.05) is 12.1 Å². The third-order valence-electron chi connectivity index (χ3n) is 5.68. The molecule has 0 aliphatic carbocycles. The van der Waals surface area contributed by atoms with Crippen LogP contribution in [0, 0.1) is 0 Å². The van der Waals surface area contributed by atoms with Crippen LogP contribution in [0.3, 0.4) is 0 Å². The highest BCUT2D eigenvalue weighted by atomic mass is 16.4. The predicted molar refractivity (Wildman–Crippen MR) is 136 cm³/mol. The highest BCUT2D eigenvalue weighted by Gasteiger charge is 2.23. The number of nitrogens with zero attached hydrogens (tertiary/aromatic N) is 2. The molecule has 0 atom stereocenters. The van der Waals surface area contributed by atoms with Crippen LogP contribution in [0.5, 0.6) is 0 Å². The lowest BCUT2D eigenvalue weighted by Gasteiger charge is -2.14. The van der Waals surface area contributed by atoms with Crippen LogP contribution >= 0.6 is 0 Å². The molecule has 4 aromatic carbocycles. The molecule has 6 rings (SSSR count). The van der Waals surface area contributed by atoms with Crippen molar-refractivity contribution in [2.45, 2.75) is 0 Å². The summed E-state index contributed by atoms with van der Waals surface area (Å²) in [5.41, 5.74) is 32.2. The maximum atomic E-state index is 6.50. The lowest BCUT2D eigenvalue weighted by Crippen LogP contribution is -1.97. The SMILES string of the molecule is Nc1cccc(-c2c(-c3nc4cc(N)ccc4o3)ccc(N)c2-c2nc3cc(N)ccc3o2)c1. The summed E-state index contributed by atoms with van der Waals surface area (Å²) in [5, 5.41) is 0. The molecule has 0 amide bonds. The van der Waals surface area contributed by atoms with E-state index in [0.29, 0.717) is 67.9 Å². The van der Waals surface area contributed by atoms with Gasteiger partial charge in [0, 0.05) is 33.9 Å². The van der Waals surface area contributed by atoms with E-state index in [9.17, 15) is 0 Å². The third-order valence-corrected chi connectivity index (χ3v) is 5.68. The van der Waals surface area contributed by atoms with Crippen molar-refractivity contribution in [2.24, 2.45) is 0 Å². The van der Waals surface area contributed by atoms with Gasteiger partial charge in [-0.05, 0) is 66.2 Å². The van der Waals surface area contributed by atoms with Crippen LogP contribution in [0.1, 0.15) is 0 Å². The van der Waals surface area contributed by atoms with E-state index in [0.717, 1.165) is 11.1 Å². The highest BCUT2D eigenvalue weighted by Crippen LogP contribution is 2.44. The van der Waals surface area contributed by atoms with Crippen molar-refractivity contribution in [3.63, 3.8) is 0 Å². The number of nitrogen functional groups attached to an aromatic ring is 4. The van der Waals surface area contributed by atoms with Crippen molar-refractivity contribution in [3.05, 3.63) is 72.8 Å². The Morgan fingerprint density at radius 3 is 1.85 bits per heavy atom. The van der Waals surface area contributed by atoms with Gasteiger partial charge in [-0.2, -0.15) is 0 Å². The van der Waals surface area contributed by atoms with Crippen LogP contribution in [0.4, 0.5) is 22.7 Å². The molecule has 166 valence electrons. The highest BCUT2D eigenvalue weighted by molar-refractivity contribution is 5.98. The minimum atomic E-state index is 0.359. The van der Waals surface area contributed by atoms with Gasteiger partial charge in [-0.3, -0.25) is 0 Å². The minimum Gasteiger partial charge on any atom is -0.436 e. The molecule has 0 aliphatic heterocycles. The molecule has 8 nitrogen and oxygen atoms in total. The summed E-state index contributed by atoms with van der Waals surface area (Å²) < 4.78 is 12.2. The Morgan fingerprint density at radius 2 is 1.18 bits per heavy atom. The number of oxazole rings is 2. The second-order valence-corrected chi connectivity index (χ2v) is 8.07. The van der Waals surface area contributed by atoms with Gasteiger partial charge in [0.05, 0.1) is 5.56 Å². The zero-order valence-corrected chi connectivity index (χ0v) is 17.9. The summed E-state index contributed by atoms with van der Waals surface area (Å²) in [7, 11) is 0. The van der Waals surface area contributed by atoms with Gasteiger partial charge in [-0.25, -0.2) is 9.97 Å². The van der Waals surface area contributed by atoms with Gasteiger partial charge < -0.3 is 31.8 Å². The lowest BCUT2D eigenvalue weighted by molar-refractivity contribution is 0.618. The Balaban J connectivity index is 1.67. The molecule has 2 heterocycles. The zero-order chi connectivity index (χ0) is 23.4. The predicted octanol–water partition coefficient (Wildman–Crippen LogP) is 5.30. The molecule has 0 spiro atoms. The molecule has 0 saturated carbocycles. The number of fused-ring (bicyclic) bond motifs is 2. The van der Waals surface area contributed by atoms with Gasteiger partial charge in [-0.15, -0.1) is 0 Å². The van der Waals surface area contributed by atoms with Crippen LogP contribution < -0.4 is 22.9 Å². The largest absolute Gasteiger partial charge is 0.436 e. The first-order valence-corrected chi connectivity index (χ1v) is 10.6. The van der Waals surface area contributed by atoms with Gasteiger partial charge in [0.15, 0.2) is 11.2 Å². The van der Waals surface area contributed by atoms with Crippen LogP contribution in [-0.4, -0.2) is 9.97 Å². The molecule has 34 heavy (non-hydrogen) atoms. The average Bonchev–Trinajstić information content (AvgIpc) is 3.42. The molecule has 0 radical (unpaired) electrons. The van der Waals surface area contributed by atoms with Gasteiger partial charge in [0.25, 0.3) is 0 Å². The zero-order valence-electron chi connectivity index (χ0n) is 17.9. The summed E-state index contributed by atoms with van der Waals surface area (Å²) in [4.78, 5) is 9.36. The number of rotatable bonds is 3. The molecule has 0 bridgehead atoms. The van der Waals surface area contributed by atoms with E-state index in [4.69, 9.17) is 31.8 Å². The Bertz CT molecular complexity index is 1720. The van der Waals surface area contributed by atoms with Crippen molar-refractivity contribution in [3.8, 4) is 34.0 Å². The van der Waals surface area contributed by atoms with E-state index >= 15 is 0 Å². The van der Waals surface area contributed by atoms with E-state index in [2.05, 4.69) is 9.97 Å². The fourth-order valence-corrected chi connectivity index (χ4v) is 4.13. The Kier molecular flexibility index (Phi) is 4.21. The minimum absolute atomic E-state index is 0.359. The maximum Gasteiger partial charge on any atom is 0.230 e. The normalized spacial score (nSPS) is 11.4. The number of hydrogen-bond acceptors (Lipinski definition) is 8. The topological polar surface area (TPSA) is 156 Å². The number of hydrogen-bond donors (Lipinski definition) is 4. The smallest absolute Gasteiger partial charge is 0.230 e. The van der Waals surface area contributed by atoms with Crippen LogP contribution in [-0.2, 0) is 0 Å². The number of anilines is 4. The maximum absolute atomic E-state index is 6.50. The standard InChI is InChI=1S/C26H20N6O2/c27-14-3-1-2-13(10-14)23-17(25-31-19-11-15(28)4-8-21(19)33-25)6-7-18(30)24(23)26-32-20-12-16(29)5-9-22(20)34-26/h1-12H,27-30H2. The third kappa shape index (κ3) is 3.17. The second-order valence-electron chi connectivity index (χ2n) is 8.07. The fraction of sp³-hybridized carbons (Fsp3) is 0. The molecule has 2 aromatic heterocycles. The van der Waals surface area contributed by atoms with Crippen LogP contribution in [0.15, 0.2) is 81.6 Å². The van der Waals surface area contributed by atoms with E-state index in [1.165, 1.54) is 0 Å². The summed E-state index contributed by atoms with van der Waals surface area (Å²) in [6, 6.07) is 21.8. The first-order chi connectivity index (χ1) is 16.5. The van der Waals surface area contributed by atoms with Crippen molar-refractivity contribution < 1.29 is 8.83 Å². The van der Waals surface area contributed by atoms with Gasteiger partial charge in [0.2, 0.25) is 11.8 Å². The average molecular weight is 448 g/mol. The Labute approximate surface area is 193 Å². The summed E-state index contributed by atoms with van der Waals surface area (Å²) in [6.45, 7) is 0. The molecule has 8 heteroatoms. The van der Waals surface area contributed by atoms with Crippen LogP contribution in [0.2, 0.25) is 0 Å². The second kappa shape index (κ2) is 7.28. The first kappa shape index (κ1) is 19.7. The molecule has 0 fully saturated rings. The van der Waals surface area contributed by atoms with E-state index < -0.39 is 0 Å². The molecular weight excluding hydrogens is 428 g/mol. The summed E-state index contributed by atoms with van der Waals surface area (Å²) in [6.07, 6.45) is 0. The first-order valence-electron chi connectivity index (χ1n) is 10.6. The Hall–Kier alpha value is -4.98. The van der Waals surface area contributed by atoms with E-state index in [1.807, 2.05) is 30.3 Å². The summed E-state index contributed by atoms with van der Waals surface area (Å²) in [5.74, 6) is 0.775. The quantitative estimate of drug-likeness (QED) is 0.266. The van der Waals surface area contributed by atoms with Crippen molar-refractivity contribution in [1.29, 1.82) is 0 Å². The van der Waals surface area contributed by atoms with Crippen molar-refractivity contribution in [2.75, 3.05) is 22.9 Å². The molecule has 0 aliphatic rings. The Morgan fingerprint density at radius 1 is 0.559 bits per heavy atom. The lowest BCUT2D eigenvalue weighted by atomic mass is 9.92. The van der Waals surface area contributed by atoms with Crippen LogP contribution in [0.25, 0.3) is 56.2 Å². The van der Waals surface area contributed by atoms with E-state index in [-0.39, 0.29) is 0 Å². The number of nitrogens with two attached hydrogens (primary N) is 4. The molecule has 0 unspecified atom stereocenters. The molecule has 0 saturated heterocycles.